The molecule has 8 nitrogen and oxygen atoms in total. The summed E-state index contributed by atoms with van der Waals surface area (Å²) in [6.45, 7) is 1.86. The Kier molecular flexibility index (Phi) is 8.48. The van der Waals surface area contributed by atoms with E-state index in [2.05, 4.69) is 4.18 Å². The molecule has 9 heteroatoms. The average molecular weight is 460 g/mol. The third-order valence-corrected chi connectivity index (χ3v) is 5.35. The van der Waals surface area contributed by atoms with E-state index in [9.17, 15) is 22.9 Å². The highest BCUT2D eigenvalue weighted by Gasteiger charge is 2.39. The largest absolute Gasteiger partial charge is 0.726 e. The lowest BCUT2D eigenvalue weighted by Gasteiger charge is -2.28. The van der Waals surface area contributed by atoms with Crippen molar-refractivity contribution in [2.24, 2.45) is 7.05 Å². The van der Waals surface area contributed by atoms with Crippen LogP contribution in [0.15, 0.2) is 79.0 Å². The van der Waals surface area contributed by atoms with Gasteiger partial charge in [0.25, 0.3) is 5.69 Å². The normalized spacial score (nSPS) is 11.2. The van der Waals surface area contributed by atoms with Gasteiger partial charge in [0.1, 0.15) is 12.5 Å². The van der Waals surface area contributed by atoms with E-state index in [1.165, 1.54) is 0 Å². The number of carbonyl (C=O) groups excluding carboxylic acids is 1. The molecule has 32 heavy (non-hydrogen) atoms. The number of rotatable bonds is 6. The fraction of sp³-hybridized carbons (Fsp3) is 0.217. The summed E-state index contributed by atoms with van der Waals surface area (Å²) in [6, 6.07) is 22.5. The molecule has 3 aromatic rings. The number of nitrogens with zero attached hydrogens (tertiary/aromatic N) is 1. The third-order valence-electron chi connectivity index (χ3n) is 4.94. The number of hydrogen-bond acceptors (Lipinski definition) is 7. The molecule has 0 aliphatic carbocycles. The number of benzene rings is 2. The summed E-state index contributed by atoms with van der Waals surface area (Å²) in [4.78, 5) is 13.1. The zero-order chi connectivity index (χ0) is 23.8. The molecule has 0 aliphatic heterocycles. The molecule has 0 spiro atoms. The van der Waals surface area contributed by atoms with Gasteiger partial charge in [0.05, 0.1) is 7.11 Å². The number of pyridine rings is 1. The predicted molar refractivity (Wildman–Crippen MR) is 115 cm³/mol. The van der Waals surface area contributed by atoms with Gasteiger partial charge in [0, 0.05) is 6.07 Å². The van der Waals surface area contributed by atoms with E-state index in [1.54, 1.807) is 29.9 Å². The second-order valence-corrected chi connectivity index (χ2v) is 8.11. The minimum Gasteiger partial charge on any atom is -0.726 e. The SMILES string of the molecule is COS(=O)(=O)[O-].C[n+]1cccc(O)c1COC(=O)C(C)(c1ccccc1)c1ccccc1. The van der Waals surface area contributed by atoms with Gasteiger partial charge in [-0.1, -0.05) is 60.7 Å². The minimum absolute atomic E-state index is 0.00271. The third kappa shape index (κ3) is 6.36. The summed E-state index contributed by atoms with van der Waals surface area (Å²) in [6.07, 6.45) is 1.80. The zero-order valence-corrected chi connectivity index (χ0v) is 18.8. The van der Waals surface area contributed by atoms with E-state index in [4.69, 9.17) is 4.74 Å². The maximum absolute atomic E-state index is 13.1. The van der Waals surface area contributed by atoms with Crippen molar-refractivity contribution in [3.8, 4) is 5.75 Å². The molecule has 0 atom stereocenters. The van der Waals surface area contributed by atoms with Gasteiger partial charge < -0.3 is 14.4 Å². The van der Waals surface area contributed by atoms with E-state index in [0.717, 1.165) is 18.2 Å². The molecule has 1 heterocycles. The van der Waals surface area contributed by atoms with Gasteiger partial charge in [0.15, 0.2) is 18.6 Å². The summed E-state index contributed by atoms with van der Waals surface area (Å²) in [5.41, 5.74) is 1.32. The van der Waals surface area contributed by atoms with Crippen molar-refractivity contribution in [3.05, 3.63) is 95.8 Å². The molecule has 0 amide bonds. The van der Waals surface area contributed by atoms with Gasteiger partial charge in [-0.15, -0.1) is 0 Å². The van der Waals surface area contributed by atoms with Gasteiger partial charge >= 0.3 is 5.97 Å². The molecule has 0 aliphatic rings. The van der Waals surface area contributed by atoms with Crippen LogP contribution in [0.25, 0.3) is 0 Å². The Morgan fingerprint density at radius 1 is 1.00 bits per heavy atom. The number of aryl methyl sites for hydroxylation is 1. The molecular weight excluding hydrogens is 434 g/mol. The Hall–Kier alpha value is -3.27. The van der Waals surface area contributed by atoms with Crippen molar-refractivity contribution in [3.63, 3.8) is 0 Å². The van der Waals surface area contributed by atoms with Crippen molar-refractivity contribution < 1.29 is 36.4 Å². The average Bonchev–Trinajstić information content (AvgIpc) is 2.79. The van der Waals surface area contributed by atoms with Crippen LogP contribution in [0.5, 0.6) is 5.75 Å². The van der Waals surface area contributed by atoms with Crippen LogP contribution in [0.1, 0.15) is 23.7 Å². The molecule has 1 aromatic heterocycles. The maximum atomic E-state index is 13.1. The minimum atomic E-state index is -4.41. The van der Waals surface area contributed by atoms with Crippen LogP contribution in [-0.4, -0.2) is 31.2 Å². The van der Waals surface area contributed by atoms with Crippen LogP contribution < -0.4 is 4.57 Å². The second-order valence-electron chi connectivity index (χ2n) is 6.96. The van der Waals surface area contributed by atoms with Crippen molar-refractivity contribution >= 4 is 16.4 Å². The van der Waals surface area contributed by atoms with Crippen molar-refractivity contribution in [1.29, 1.82) is 0 Å². The van der Waals surface area contributed by atoms with Crippen LogP contribution in [0, 0.1) is 0 Å². The van der Waals surface area contributed by atoms with Crippen LogP contribution in [0.2, 0.25) is 0 Å². The van der Waals surface area contributed by atoms with Crippen LogP contribution in [0.4, 0.5) is 0 Å². The highest BCUT2D eigenvalue weighted by Crippen LogP contribution is 2.33. The summed E-state index contributed by atoms with van der Waals surface area (Å²) >= 11 is 0. The fourth-order valence-electron chi connectivity index (χ4n) is 3.03. The summed E-state index contributed by atoms with van der Waals surface area (Å²) in [7, 11) is -1.80. The lowest BCUT2D eigenvalue weighted by molar-refractivity contribution is -0.681. The molecule has 0 saturated heterocycles. The monoisotopic (exact) mass is 459 g/mol. The number of aromatic hydroxyl groups is 1. The first-order valence-corrected chi connectivity index (χ1v) is 10.9. The smallest absolute Gasteiger partial charge is 0.321 e. The Balaban J connectivity index is 0.000000534. The topological polar surface area (TPSA) is 117 Å². The van der Waals surface area contributed by atoms with Gasteiger partial charge in [-0.25, -0.2) is 8.42 Å². The lowest BCUT2D eigenvalue weighted by atomic mass is 9.76. The van der Waals surface area contributed by atoms with Crippen LogP contribution in [0.3, 0.4) is 0 Å². The predicted octanol–water partition coefficient (Wildman–Crippen LogP) is 2.36. The zero-order valence-electron chi connectivity index (χ0n) is 18.0. The molecule has 170 valence electrons. The Morgan fingerprint density at radius 3 is 1.88 bits per heavy atom. The Bertz CT molecular complexity index is 1070. The van der Waals surface area contributed by atoms with E-state index in [-0.39, 0.29) is 18.3 Å². The molecule has 0 fully saturated rings. The fourth-order valence-corrected chi connectivity index (χ4v) is 3.03. The van der Waals surface area contributed by atoms with E-state index < -0.39 is 15.8 Å². The number of carbonyl (C=O) groups is 1. The maximum Gasteiger partial charge on any atom is 0.321 e. The van der Waals surface area contributed by atoms with E-state index in [0.29, 0.717) is 5.69 Å². The van der Waals surface area contributed by atoms with Crippen LogP contribution >= 0.6 is 0 Å². The number of hydrogen-bond donors (Lipinski definition) is 1. The second kappa shape index (κ2) is 10.9. The summed E-state index contributed by atoms with van der Waals surface area (Å²) in [5, 5.41) is 10.0. The highest BCUT2D eigenvalue weighted by atomic mass is 32.3. The molecule has 0 saturated carbocycles. The molecule has 0 unspecified atom stereocenters. The standard InChI is InChI=1S/C22H21NO3.CH4O4S/c1-22(17-10-5-3-6-11-17,18-12-7-4-8-13-18)21(25)26-16-19-20(24)14-9-15-23(19)2;1-5-6(2,3)4/h3-15H,16H2,1-2H3;1H3,(H,2,3,4). The Labute approximate surface area is 187 Å². The summed E-state index contributed by atoms with van der Waals surface area (Å²) in [5.74, 6) is -0.262. The quantitative estimate of drug-likeness (QED) is 0.260. The molecule has 0 bridgehead atoms. The number of aromatic nitrogens is 1. The first-order chi connectivity index (χ1) is 15.1. The van der Waals surface area contributed by atoms with E-state index in [1.807, 2.05) is 67.6 Å². The molecule has 1 N–H and O–H groups in total. The van der Waals surface area contributed by atoms with Crippen molar-refractivity contribution in [2.45, 2.75) is 18.9 Å². The molecule has 3 rings (SSSR count). The highest BCUT2D eigenvalue weighted by molar-refractivity contribution is 7.80. The Morgan fingerprint density at radius 2 is 1.47 bits per heavy atom. The van der Waals surface area contributed by atoms with Gasteiger partial charge in [-0.3, -0.25) is 8.98 Å². The van der Waals surface area contributed by atoms with Crippen LogP contribution in [-0.2, 0) is 43.2 Å². The molecule has 0 radical (unpaired) electrons. The van der Waals surface area contributed by atoms with E-state index >= 15 is 0 Å². The number of ether oxygens (including phenoxy) is 1. The molecular formula is C23H25NO7S. The van der Waals surface area contributed by atoms with Gasteiger partial charge in [-0.2, -0.15) is 4.57 Å². The van der Waals surface area contributed by atoms with Gasteiger partial charge in [0.2, 0.25) is 10.4 Å². The summed E-state index contributed by atoms with van der Waals surface area (Å²) < 4.78 is 38.4. The van der Waals surface area contributed by atoms with Crippen molar-refractivity contribution in [2.75, 3.05) is 7.11 Å². The lowest BCUT2D eigenvalue weighted by Crippen LogP contribution is -2.38. The molecule has 2 aromatic carbocycles. The van der Waals surface area contributed by atoms with Crippen molar-refractivity contribution in [1.82, 2.24) is 0 Å². The first-order valence-electron chi connectivity index (χ1n) is 9.55. The van der Waals surface area contributed by atoms with Gasteiger partial charge in [-0.05, 0) is 24.1 Å². The number of esters is 1. The first kappa shape index (κ1) is 25.0.